The summed E-state index contributed by atoms with van der Waals surface area (Å²) in [5.41, 5.74) is 7.54. The third-order valence-electron chi connectivity index (χ3n) is 10.2. The van der Waals surface area contributed by atoms with Crippen LogP contribution in [0, 0.1) is 11.8 Å². The van der Waals surface area contributed by atoms with Crippen LogP contribution in [0.1, 0.15) is 72.6 Å². The lowest BCUT2D eigenvalue weighted by Crippen LogP contribution is -2.59. The first-order valence-electron chi connectivity index (χ1n) is 21.4. The van der Waals surface area contributed by atoms with Crippen LogP contribution in [0.2, 0.25) is 0 Å². The average Bonchev–Trinajstić information content (AvgIpc) is 3.91. The highest BCUT2D eigenvalue weighted by molar-refractivity contribution is 7.98. The van der Waals surface area contributed by atoms with Crippen molar-refractivity contribution in [2.45, 2.75) is 116 Å². The summed E-state index contributed by atoms with van der Waals surface area (Å²) >= 11 is 1.48. The van der Waals surface area contributed by atoms with Crippen molar-refractivity contribution >= 4 is 75.8 Å². The lowest BCUT2D eigenvalue weighted by molar-refractivity contribution is -0.135. The minimum atomic E-state index is -1.24. The van der Waals surface area contributed by atoms with Gasteiger partial charge in [-0.05, 0) is 62.2 Å². The van der Waals surface area contributed by atoms with Gasteiger partial charge in [-0.3, -0.25) is 43.2 Å². The van der Waals surface area contributed by atoms with Crippen LogP contribution < -0.4 is 48.3 Å². The molecule has 0 bridgehead atoms. The second-order valence-corrected chi connectivity index (χ2v) is 17.5. The fraction of sp³-hybridized carbons (Fsp3) is 0.535. The largest absolute Gasteiger partial charge is 0.368 e. The standard InChI is InChI=1S/C43H64N12O9S/c1-22(2)15-32(41(62)52-31(37(44)58)13-14-65-8)54-42(63)34(17-28-19-45-21-48-28)51-35(57)20-47-43(64)36(23(3)4)55-39(60)25(6)50-40(61)33(53-38(59)24(5)49-26(7)56)16-27-18-46-30-12-10-9-11-29(27)30/h9-12,18-19,21-25,31-34,36,46H,13-17,20H2,1-8H3,(H2,44,58)(H,45,48)(H,47,64)(H,49,56)(H,50,61)(H,51,57)(H,52,62)(H,53,59)(H,54,63)(H,55,60)/t24-,25-,31-,32-,33-,34-,36-/m0/s1. The maximum absolute atomic E-state index is 13.7. The van der Waals surface area contributed by atoms with Crippen molar-refractivity contribution < 1.29 is 43.2 Å². The molecule has 22 heteroatoms. The molecule has 0 aliphatic rings. The Morgan fingerprint density at radius 3 is 1.91 bits per heavy atom. The molecular weight excluding hydrogens is 861 g/mol. The summed E-state index contributed by atoms with van der Waals surface area (Å²) in [6.45, 7) is 10.6. The molecule has 0 aliphatic carbocycles. The second kappa shape index (κ2) is 25.7. The van der Waals surface area contributed by atoms with Crippen molar-refractivity contribution in [2.24, 2.45) is 17.6 Å². The van der Waals surface area contributed by atoms with Gasteiger partial charge in [0, 0.05) is 48.8 Å². The van der Waals surface area contributed by atoms with Gasteiger partial charge in [-0.1, -0.05) is 45.9 Å². The van der Waals surface area contributed by atoms with Crippen LogP contribution in [0.15, 0.2) is 43.0 Å². The number of nitrogens with two attached hydrogens (primary N) is 1. The number of nitrogens with one attached hydrogen (secondary N) is 10. The molecule has 65 heavy (non-hydrogen) atoms. The smallest absolute Gasteiger partial charge is 0.243 e. The van der Waals surface area contributed by atoms with Gasteiger partial charge in [0.2, 0.25) is 53.2 Å². The lowest BCUT2D eigenvalue weighted by Gasteiger charge is -2.26. The third-order valence-corrected chi connectivity index (χ3v) is 10.9. The molecule has 3 rings (SSSR count). The van der Waals surface area contributed by atoms with E-state index in [1.807, 2.05) is 44.4 Å². The molecule has 9 amide bonds. The first-order chi connectivity index (χ1) is 30.7. The number of imidazole rings is 1. The van der Waals surface area contributed by atoms with Crippen LogP contribution in [-0.2, 0) is 56.0 Å². The number of nitrogens with zero attached hydrogens (tertiary/aromatic N) is 1. The van der Waals surface area contributed by atoms with Gasteiger partial charge >= 0.3 is 0 Å². The van der Waals surface area contributed by atoms with E-state index in [0.29, 0.717) is 23.4 Å². The zero-order valence-electron chi connectivity index (χ0n) is 38.1. The Hall–Kier alpha value is -6.45. The van der Waals surface area contributed by atoms with Gasteiger partial charge in [0.25, 0.3) is 0 Å². The quantitative estimate of drug-likeness (QED) is 0.0473. The number of amides is 9. The van der Waals surface area contributed by atoms with Gasteiger partial charge in [0.15, 0.2) is 0 Å². The predicted octanol–water partition coefficient (Wildman–Crippen LogP) is -0.814. The lowest BCUT2D eigenvalue weighted by atomic mass is 10.0. The molecule has 3 aromatic rings. The number of carbonyl (C=O) groups is 9. The normalized spacial score (nSPS) is 14.4. The van der Waals surface area contributed by atoms with Crippen LogP contribution in [0.5, 0.6) is 0 Å². The Labute approximate surface area is 382 Å². The number of benzene rings is 1. The average molecular weight is 925 g/mol. The van der Waals surface area contributed by atoms with Crippen LogP contribution in [0.4, 0.5) is 0 Å². The summed E-state index contributed by atoms with van der Waals surface area (Å²) in [7, 11) is 0. The number of carbonyl (C=O) groups excluding carboxylic acids is 9. The SMILES string of the molecule is CSCC[C@H](NC(=O)[C@H](CC(C)C)NC(=O)[C@H](Cc1cnc[nH]1)NC(=O)CNC(=O)[C@@H](NC(=O)[C@H](C)NC(=O)[C@H](Cc1c[nH]c2ccccc12)NC(=O)[C@H](C)NC(C)=O)C(C)C)C(N)=O. The van der Waals surface area contributed by atoms with Gasteiger partial charge in [0.1, 0.15) is 42.3 Å². The van der Waals surface area contributed by atoms with Crippen LogP contribution >= 0.6 is 11.8 Å². The van der Waals surface area contributed by atoms with Crippen LogP contribution in [0.3, 0.4) is 0 Å². The van der Waals surface area contributed by atoms with Crippen molar-refractivity contribution in [3.63, 3.8) is 0 Å². The molecule has 0 unspecified atom stereocenters. The van der Waals surface area contributed by atoms with Crippen molar-refractivity contribution in [1.82, 2.24) is 57.5 Å². The zero-order valence-corrected chi connectivity index (χ0v) is 38.9. The topological polar surface area (TPSA) is 320 Å². The minimum absolute atomic E-state index is 0.0376. The number of aromatic nitrogens is 3. The maximum Gasteiger partial charge on any atom is 0.243 e. The number of aromatic amines is 2. The van der Waals surface area contributed by atoms with E-state index in [4.69, 9.17) is 5.73 Å². The third kappa shape index (κ3) is 17.2. The molecule has 1 aromatic carbocycles. The van der Waals surface area contributed by atoms with Crippen molar-refractivity contribution in [2.75, 3.05) is 18.6 Å². The molecule has 0 aliphatic heterocycles. The molecule has 0 fully saturated rings. The molecule has 356 valence electrons. The highest BCUT2D eigenvalue weighted by Gasteiger charge is 2.33. The van der Waals surface area contributed by atoms with Crippen molar-refractivity contribution in [3.8, 4) is 0 Å². The molecule has 0 radical (unpaired) electrons. The minimum Gasteiger partial charge on any atom is -0.368 e. The summed E-state index contributed by atoms with van der Waals surface area (Å²) in [5.74, 6) is -6.02. The Morgan fingerprint density at radius 2 is 1.29 bits per heavy atom. The van der Waals surface area contributed by atoms with Crippen LogP contribution in [-0.4, -0.2) is 129 Å². The highest BCUT2D eigenvalue weighted by atomic mass is 32.2. The Morgan fingerprint density at radius 1 is 0.692 bits per heavy atom. The zero-order chi connectivity index (χ0) is 48.4. The van der Waals surface area contributed by atoms with E-state index in [9.17, 15) is 43.2 Å². The van der Waals surface area contributed by atoms with Gasteiger partial charge in [-0.25, -0.2) is 4.98 Å². The monoisotopic (exact) mass is 924 g/mol. The van der Waals surface area contributed by atoms with E-state index < -0.39 is 108 Å². The number of thioether (sulfide) groups is 1. The molecule has 0 saturated heterocycles. The Kier molecular flexibility index (Phi) is 20.9. The van der Waals surface area contributed by atoms with Gasteiger partial charge in [0.05, 0.1) is 12.9 Å². The number of H-pyrrole nitrogens is 2. The van der Waals surface area contributed by atoms with E-state index in [2.05, 4.69) is 57.5 Å². The number of rotatable bonds is 26. The molecule has 7 atom stereocenters. The van der Waals surface area contributed by atoms with Gasteiger partial charge in [-0.15, -0.1) is 0 Å². The number of primary amides is 1. The fourth-order valence-corrected chi connectivity index (χ4v) is 7.18. The summed E-state index contributed by atoms with van der Waals surface area (Å²) in [4.78, 5) is 128. The summed E-state index contributed by atoms with van der Waals surface area (Å²) < 4.78 is 0. The first-order valence-corrected chi connectivity index (χ1v) is 22.8. The highest BCUT2D eigenvalue weighted by Crippen LogP contribution is 2.19. The number of para-hydroxylation sites is 1. The molecule has 12 N–H and O–H groups in total. The van der Waals surface area contributed by atoms with E-state index >= 15 is 0 Å². The van der Waals surface area contributed by atoms with E-state index in [0.717, 1.165) is 10.9 Å². The summed E-state index contributed by atoms with van der Waals surface area (Å²) in [6.07, 6.45) is 6.90. The number of hydrogen-bond donors (Lipinski definition) is 11. The maximum atomic E-state index is 13.7. The van der Waals surface area contributed by atoms with Gasteiger partial charge < -0.3 is 58.2 Å². The Balaban J connectivity index is 1.68. The molecule has 0 spiro atoms. The summed E-state index contributed by atoms with van der Waals surface area (Å²) in [5, 5.41) is 21.6. The molecule has 0 saturated carbocycles. The van der Waals surface area contributed by atoms with Crippen LogP contribution in [0.25, 0.3) is 10.9 Å². The predicted molar refractivity (Wildman–Crippen MR) is 244 cm³/mol. The molecular formula is C43H64N12O9S. The fourth-order valence-electron chi connectivity index (χ4n) is 6.71. The van der Waals surface area contributed by atoms with E-state index in [1.165, 1.54) is 45.1 Å². The molecule has 2 aromatic heterocycles. The number of hydrogen-bond acceptors (Lipinski definition) is 11. The van der Waals surface area contributed by atoms with E-state index in [-0.39, 0.29) is 25.2 Å². The molecule has 2 heterocycles. The molecule has 21 nitrogen and oxygen atoms in total. The first kappa shape index (κ1) is 52.9. The van der Waals surface area contributed by atoms with Crippen molar-refractivity contribution in [3.05, 3.63) is 54.2 Å². The summed E-state index contributed by atoms with van der Waals surface area (Å²) in [6, 6.07) is -0.381. The number of fused-ring (bicyclic) bond motifs is 1. The second-order valence-electron chi connectivity index (χ2n) is 16.6. The van der Waals surface area contributed by atoms with Gasteiger partial charge in [-0.2, -0.15) is 11.8 Å². The van der Waals surface area contributed by atoms with Crippen molar-refractivity contribution in [1.29, 1.82) is 0 Å². The van der Waals surface area contributed by atoms with E-state index in [1.54, 1.807) is 20.0 Å². The Bertz CT molecular complexity index is 2130.